The van der Waals surface area contributed by atoms with Gasteiger partial charge in [0.05, 0.1) is 18.8 Å². The molecule has 1 aromatic rings. The first-order chi connectivity index (χ1) is 15.1. The van der Waals surface area contributed by atoms with E-state index in [0.717, 1.165) is 0 Å². The number of aliphatic carboxylic acids is 1. The van der Waals surface area contributed by atoms with Gasteiger partial charge in [-0.15, -0.1) is 0 Å². The van der Waals surface area contributed by atoms with Crippen LogP contribution in [0.2, 0.25) is 0 Å². The highest BCUT2D eigenvalue weighted by atomic mass is 19.4. The molecule has 0 radical (unpaired) electrons. The Kier molecular flexibility index (Phi) is 9.33. The molecule has 0 aromatic heterocycles. The van der Waals surface area contributed by atoms with Crippen molar-refractivity contribution in [1.82, 2.24) is 5.32 Å². The van der Waals surface area contributed by atoms with E-state index in [-0.39, 0.29) is 6.42 Å². The van der Waals surface area contributed by atoms with E-state index in [0.29, 0.717) is 23.4 Å². The molecular weight excluding hydrogens is 468 g/mol. The van der Waals surface area contributed by atoms with Gasteiger partial charge < -0.3 is 25.6 Å². The third-order valence-corrected chi connectivity index (χ3v) is 4.17. The van der Waals surface area contributed by atoms with Crippen molar-refractivity contribution in [2.24, 2.45) is 5.73 Å². The minimum atomic E-state index is -5.08. The first-order valence-electron chi connectivity index (χ1n) is 9.18. The third-order valence-electron chi connectivity index (χ3n) is 4.17. The van der Waals surface area contributed by atoms with Crippen molar-refractivity contribution >= 4 is 23.7 Å². The third kappa shape index (κ3) is 8.00. The molecule has 4 N–H and O–H groups in total. The molecule has 0 saturated carbocycles. The van der Waals surface area contributed by atoms with Crippen LogP contribution in [0.4, 0.5) is 36.8 Å². The number of benzene rings is 1. The Morgan fingerprint density at radius 2 is 1.82 bits per heavy atom. The summed E-state index contributed by atoms with van der Waals surface area (Å²) >= 11 is 0. The van der Waals surface area contributed by atoms with Crippen LogP contribution in [0, 0.1) is 0 Å². The van der Waals surface area contributed by atoms with Crippen LogP contribution in [0.1, 0.15) is 18.9 Å². The van der Waals surface area contributed by atoms with Crippen LogP contribution >= 0.6 is 0 Å². The fourth-order valence-electron chi connectivity index (χ4n) is 2.64. The monoisotopic (exact) mass is 489 g/mol. The van der Waals surface area contributed by atoms with Crippen LogP contribution in [-0.2, 0) is 20.7 Å². The number of nitrogens with one attached hydrogen (secondary N) is 1. The number of nitrogens with two attached hydrogens (primary N) is 1. The largest absolute Gasteiger partial charge is 0.496 e. The number of hydrogen-bond acceptors (Lipinski definition) is 6. The summed E-state index contributed by atoms with van der Waals surface area (Å²) in [6.07, 6.45) is -11.6. The minimum Gasteiger partial charge on any atom is -0.496 e. The van der Waals surface area contributed by atoms with Gasteiger partial charge in [-0.3, -0.25) is 9.69 Å². The lowest BCUT2D eigenvalue weighted by molar-refractivity contribution is -0.192. The number of anilines is 1. The highest BCUT2D eigenvalue weighted by Gasteiger charge is 2.40. The number of halogens is 6. The van der Waals surface area contributed by atoms with Gasteiger partial charge in [-0.05, 0) is 18.6 Å². The number of amides is 2. The number of carboxylic acids is 1. The van der Waals surface area contributed by atoms with Crippen molar-refractivity contribution < 1.29 is 55.3 Å². The Morgan fingerprint density at radius 1 is 1.24 bits per heavy atom. The number of rotatable bonds is 5. The lowest BCUT2D eigenvalue weighted by Crippen LogP contribution is -2.49. The van der Waals surface area contributed by atoms with Crippen LogP contribution in [0.25, 0.3) is 0 Å². The predicted molar refractivity (Wildman–Crippen MR) is 100 cm³/mol. The summed E-state index contributed by atoms with van der Waals surface area (Å²) in [5, 5.41) is 8.75. The summed E-state index contributed by atoms with van der Waals surface area (Å²) in [5.41, 5.74) is 6.87. The Balaban J connectivity index is 0.000000675. The number of methoxy groups -OCH3 is 1. The zero-order valence-corrected chi connectivity index (χ0v) is 17.3. The van der Waals surface area contributed by atoms with Crippen LogP contribution < -0.4 is 20.7 Å². The first kappa shape index (κ1) is 27.8. The number of nitrogens with zero attached hydrogens (tertiary/aromatic N) is 1. The average molecular weight is 489 g/mol. The molecule has 33 heavy (non-hydrogen) atoms. The first-order valence-corrected chi connectivity index (χ1v) is 9.18. The number of fused-ring (bicyclic) bond motifs is 1. The molecule has 1 heterocycles. The second-order valence-electron chi connectivity index (χ2n) is 6.52. The van der Waals surface area contributed by atoms with E-state index in [4.69, 9.17) is 25.1 Å². The van der Waals surface area contributed by atoms with Crippen LogP contribution in [0.15, 0.2) is 18.2 Å². The average Bonchev–Trinajstić information content (AvgIpc) is 3.08. The van der Waals surface area contributed by atoms with Gasteiger partial charge in [0.1, 0.15) is 12.3 Å². The summed E-state index contributed by atoms with van der Waals surface area (Å²) in [5.74, 6) is -2.77. The Labute approximate surface area is 183 Å². The smallest absolute Gasteiger partial charge is 0.490 e. The molecule has 0 unspecified atom stereocenters. The second kappa shape index (κ2) is 11.1. The fourth-order valence-corrected chi connectivity index (χ4v) is 2.64. The molecule has 1 aromatic carbocycles. The Hall–Kier alpha value is -3.23. The van der Waals surface area contributed by atoms with Crippen molar-refractivity contribution in [1.29, 1.82) is 0 Å². The van der Waals surface area contributed by atoms with Crippen molar-refractivity contribution in [3.05, 3.63) is 23.8 Å². The van der Waals surface area contributed by atoms with Gasteiger partial charge in [-0.25, -0.2) is 9.59 Å². The standard InChI is InChI=1S/C16H20F3N3O4.C2HF3O2/c1-3-10(20)14(23)22-11-5-4-6-12(25-2)9(11)7-13(22)26-15(24)21-8-16(17,18)19;3-2(4,5)1(6)7/h4-6,10,13H,3,7-8,20H2,1-2H3,(H,21,24);(H,6,7)/t10-,13-;/m0./s1. The predicted octanol–water partition coefficient (Wildman–Crippen LogP) is 2.57. The normalized spacial score (nSPS) is 16.2. The van der Waals surface area contributed by atoms with Crippen LogP contribution in [0.3, 0.4) is 0 Å². The second-order valence-corrected chi connectivity index (χ2v) is 6.52. The van der Waals surface area contributed by atoms with Gasteiger partial charge in [0.25, 0.3) is 0 Å². The molecule has 15 heteroatoms. The van der Waals surface area contributed by atoms with E-state index in [9.17, 15) is 35.9 Å². The number of hydrogen-bond donors (Lipinski definition) is 3. The van der Waals surface area contributed by atoms with Crippen molar-refractivity contribution in [2.45, 2.75) is 44.4 Å². The van der Waals surface area contributed by atoms with E-state index in [1.165, 1.54) is 12.0 Å². The van der Waals surface area contributed by atoms with Crippen molar-refractivity contribution in [3.63, 3.8) is 0 Å². The Morgan fingerprint density at radius 3 is 2.27 bits per heavy atom. The highest BCUT2D eigenvalue weighted by Crippen LogP contribution is 2.39. The molecule has 0 bridgehead atoms. The van der Waals surface area contributed by atoms with Gasteiger partial charge in [0.15, 0.2) is 6.23 Å². The molecule has 186 valence electrons. The maximum atomic E-state index is 12.6. The zero-order chi connectivity index (χ0) is 25.6. The molecule has 0 saturated heterocycles. The summed E-state index contributed by atoms with van der Waals surface area (Å²) in [6.45, 7) is 0.189. The quantitative estimate of drug-likeness (QED) is 0.542. The number of alkyl carbamates (subject to hydrolysis) is 1. The number of carbonyl (C=O) groups is 3. The molecule has 0 fully saturated rings. The van der Waals surface area contributed by atoms with E-state index in [1.807, 2.05) is 0 Å². The number of carboxylic acid groups (broad SMARTS) is 1. The SMILES string of the molecule is CC[C@H](N)C(=O)N1c2cccc(OC)c2C[C@@H]1OC(=O)NCC(F)(F)F.O=C(O)C(F)(F)F. The summed E-state index contributed by atoms with van der Waals surface area (Å²) < 4.78 is 78.7. The summed E-state index contributed by atoms with van der Waals surface area (Å²) in [4.78, 5) is 34.4. The molecule has 2 atom stereocenters. The topological polar surface area (TPSA) is 131 Å². The van der Waals surface area contributed by atoms with Gasteiger partial charge in [0, 0.05) is 12.0 Å². The number of alkyl halides is 6. The molecular formula is C18H21F6N3O6. The maximum absolute atomic E-state index is 12.6. The van der Waals surface area contributed by atoms with E-state index < -0.39 is 49.1 Å². The van der Waals surface area contributed by atoms with Crippen LogP contribution in [-0.4, -0.2) is 61.4 Å². The van der Waals surface area contributed by atoms with E-state index in [2.05, 4.69) is 0 Å². The highest BCUT2D eigenvalue weighted by molar-refractivity contribution is 6.00. The van der Waals surface area contributed by atoms with Crippen LogP contribution in [0.5, 0.6) is 5.75 Å². The molecule has 1 aliphatic heterocycles. The molecule has 0 aliphatic carbocycles. The maximum Gasteiger partial charge on any atom is 0.490 e. The van der Waals surface area contributed by atoms with Gasteiger partial charge in [-0.2, -0.15) is 26.3 Å². The molecule has 2 amide bonds. The lowest BCUT2D eigenvalue weighted by atomic mass is 10.1. The van der Waals surface area contributed by atoms with E-state index >= 15 is 0 Å². The lowest BCUT2D eigenvalue weighted by Gasteiger charge is -2.27. The summed E-state index contributed by atoms with van der Waals surface area (Å²) in [7, 11) is 1.45. The molecule has 9 nitrogen and oxygen atoms in total. The summed E-state index contributed by atoms with van der Waals surface area (Å²) in [6, 6.07) is 4.13. The number of ether oxygens (including phenoxy) is 2. The number of carbonyl (C=O) groups excluding carboxylic acids is 2. The minimum absolute atomic E-state index is 0.0843. The Bertz CT molecular complexity index is 861. The van der Waals surface area contributed by atoms with Crippen molar-refractivity contribution in [3.8, 4) is 5.75 Å². The van der Waals surface area contributed by atoms with Crippen molar-refractivity contribution in [2.75, 3.05) is 18.6 Å². The molecule has 1 aliphatic rings. The molecule has 0 spiro atoms. The van der Waals surface area contributed by atoms with Gasteiger partial charge >= 0.3 is 24.4 Å². The molecule has 2 rings (SSSR count). The fraction of sp³-hybridized carbons (Fsp3) is 0.500. The van der Waals surface area contributed by atoms with E-state index in [1.54, 1.807) is 30.4 Å². The van der Waals surface area contributed by atoms with Gasteiger partial charge in [-0.1, -0.05) is 13.0 Å². The zero-order valence-electron chi connectivity index (χ0n) is 17.3. The van der Waals surface area contributed by atoms with Gasteiger partial charge in [0.2, 0.25) is 5.91 Å².